The summed E-state index contributed by atoms with van der Waals surface area (Å²) in [4.78, 5) is 0. The number of halogens is 1. The van der Waals surface area contributed by atoms with Crippen molar-refractivity contribution >= 4 is 15.9 Å². The Morgan fingerprint density at radius 1 is 1.08 bits per heavy atom. The summed E-state index contributed by atoms with van der Waals surface area (Å²) in [6.45, 7) is 1.61. The molecule has 1 aromatic carbocycles. The van der Waals surface area contributed by atoms with Gasteiger partial charge in [-0.2, -0.15) is 0 Å². The zero-order valence-corrected chi connectivity index (χ0v) is 8.59. The molecule has 0 radical (unpaired) electrons. The van der Waals surface area contributed by atoms with Crippen LogP contribution in [0.4, 0.5) is 0 Å². The van der Waals surface area contributed by atoms with Gasteiger partial charge in [-0.05, 0) is 12.0 Å². The molecule has 0 unspecified atom stereocenters. The van der Waals surface area contributed by atoms with Crippen LogP contribution in [-0.2, 0) is 11.2 Å². The average Bonchev–Trinajstić information content (AvgIpc) is 2.14. The zero-order valence-electron chi connectivity index (χ0n) is 7.00. The number of rotatable bonds is 5. The Balaban J connectivity index is 2.16. The monoisotopic (exact) mass is 228 g/mol. The van der Waals surface area contributed by atoms with Gasteiger partial charge in [0.05, 0.1) is 13.2 Å². The third-order valence-electron chi connectivity index (χ3n) is 1.60. The second-order valence-corrected chi connectivity index (χ2v) is 3.33. The van der Waals surface area contributed by atoms with Gasteiger partial charge in [0.25, 0.3) is 0 Å². The van der Waals surface area contributed by atoms with Gasteiger partial charge in [0.1, 0.15) is 0 Å². The molecule has 0 saturated carbocycles. The van der Waals surface area contributed by atoms with E-state index in [-0.39, 0.29) is 0 Å². The van der Waals surface area contributed by atoms with Gasteiger partial charge in [-0.3, -0.25) is 0 Å². The minimum Gasteiger partial charge on any atom is -0.380 e. The van der Waals surface area contributed by atoms with E-state index in [1.165, 1.54) is 5.56 Å². The molecule has 0 spiro atoms. The predicted octanol–water partition coefficient (Wildman–Crippen LogP) is 2.64. The van der Waals surface area contributed by atoms with Crippen molar-refractivity contribution in [1.29, 1.82) is 0 Å². The van der Waals surface area contributed by atoms with E-state index < -0.39 is 0 Å². The smallest absolute Gasteiger partial charge is 0.0563 e. The summed E-state index contributed by atoms with van der Waals surface area (Å²) in [5.74, 6) is 0. The predicted molar refractivity (Wildman–Crippen MR) is 54.8 cm³/mol. The highest BCUT2D eigenvalue weighted by Crippen LogP contribution is 1.99. The maximum absolute atomic E-state index is 5.34. The van der Waals surface area contributed by atoms with Crippen LogP contribution >= 0.6 is 15.9 Å². The maximum Gasteiger partial charge on any atom is 0.0563 e. The van der Waals surface area contributed by atoms with Crippen molar-refractivity contribution in [3.05, 3.63) is 35.9 Å². The maximum atomic E-state index is 5.34. The lowest BCUT2D eigenvalue weighted by atomic mass is 10.2. The van der Waals surface area contributed by atoms with Gasteiger partial charge in [-0.1, -0.05) is 46.3 Å². The molecule has 1 rings (SSSR count). The molecule has 0 amide bonds. The van der Waals surface area contributed by atoms with Crippen LogP contribution in [0.1, 0.15) is 5.56 Å². The van der Waals surface area contributed by atoms with Gasteiger partial charge >= 0.3 is 0 Å². The Labute approximate surface area is 81.9 Å². The number of hydrogen-bond acceptors (Lipinski definition) is 1. The quantitative estimate of drug-likeness (QED) is 0.557. The van der Waals surface area contributed by atoms with Gasteiger partial charge in [0.15, 0.2) is 0 Å². The summed E-state index contributed by atoms with van der Waals surface area (Å²) in [5.41, 5.74) is 1.34. The molecule has 0 bridgehead atoms. The number of alkyl halides is 1. The van der Waals surface area contributed by atoms with Crippen molar-refractivity contribution in [1.82, 2.24) is 0 Å². The highest BCUT2D eigenvalue weighted by Gasteiger charge is 1.90. The second kappa shape index (κ2) is 6.21. The van der Waals surface area contributed by atoms with Gasteiger partial charge < -0.3 is 4.74 Å². The molecule has 12 heavy (non-hydrogen) atoms. The Kier molecular flexibility index (Phi) is 5.04. The number of ether oxygens (including phenoxy) is 1. The van der Waals surface area contributed by atoms with Crippen molar-refractivity contribution < 1.29 is 4.74 Å². The largest absolute Gasteiger partial charge is 0.380 e. The molecule has 0 aliphatic heterocycles. The molecule has 2 heteroatoms. The summed E-state index contributed by atoms with van der Waals surface area (Å²) < 4.78 is 5.34. The van der Waals surface area contributed by atoms with E-state index in [2.05, 4.69) is 40.2 Å². The summed E-state index contributed by atoms with van der Waals surface area (Å²) in [6, 6.07) is 10.4. The minimum absolute atomic E-state index is 0.798. The molecule has 0 heterocycles. The van der Waals surface area contributed by atoms with Crippen LogP contribution in [0.5, 0.6) is 0 Å². The molecule has 0 saturated heterocycles. The lowest BCUT2D eigenvalue weighted by Gasteiger charge is -2.01. The van der Waals surface area contributed by atoms with E-state index in [0.717, 1.165) is 25.0 Å². The van der Waals surface area contributed by atoms with E-state index in [9.17, 15) is 0 Å². The van der Waals surface area contributed by atoms with Crippen LogP contribution in [0.15, 0.2) is 30.3 Å². The van der Waals surface area contributed by atoms with E-state index in [1.807, 2.05) is 6.07 Å². The fourth-order valence-corrected chi connectivity index (χ4v) is 1.22. The van der Waals surface area contributed by atoms with Crippen LogP contribution in [0.2, 0.25) is 0 Å². The zero-order chi connectivity index (χ0) is 8.65. The standard InChI is InChI=1S/C10H13BrO/c11-7-9-12-8-6-10-4-2-1-3-5-10/h1-5H,6-9H2. The second-order valence-electron chi connectivity index (χ2n) is 2.54. The van der Waals surface area contributed by atoms with Gasteiger partial charge in [-0.25, -0.2) is 0 Å². The average molecular weight is 229 g/mol. The minimum atomic E-state index is 0.798. The van der Waals surface area contributed by atoms with Gasteiger partial charge in [-0.15, -0.1) is 0 Å². The SMILES string of the molecule is BrCCOCCc1ccccc1. The molecule has 1 nitrogen and oxygen atoms in total. The third-order valence-corrected chi connectivity index (χ3v) is 1.92. The highest BCUT2D eigenvalue weighted by atomic mass is 79.9. The van der Waals surface area contributed by atoms with Crippen LogP contribution in [0.25, 0.3) is 0 Å². The summed E-state index contributed by atoms with van der Waals surface area (Å²) in [6.07, 6.45) is 1.01. The molecule has 1 aromatic rings. The fraction of sp³-hybridized carbons (Fsp3) is 0.400. The van der Waals surface area contributed by atoms with Crippen molar-refractivity contribution in [2.24, 2.45) is 0 Å². The number of hydrogen-bond donors (Lipinski definition) is 0. The normalized spacial score (nSPS) is 10.1. The first-order valence-electron chi connectivity index (χ1n) is 4.11. The summed E-state index contributed by atoms with van der Waals surface area (Å²) >= 11 is 3.31. The van der Waals surface area contributed by atoms with E-state index in [1.54, 1.807) is 0 Å². The molecule has 0 atom stereocenters. The molecule has 0 fully saturated rings. The van der Waals surface area contributed by atoms with Crippen LogP contribution in [0.3, 0.4) is 0 Å². The third kappa shape index (κ3) is 3.88. The van der Waals surface area contributed by atoms with Crippen LogP contribution in [0, 0.1) is 0 Å². The summed E-state index contributed by atoms with van der Waals surface area (Å²) in [5, 5.41) is 0.918. The topological polar surface area (TPSA) is 9.23 Å². The van der Waals surface area contributed by atoms with Gasteiger partial charge in [0, 0.05) is 5.33 Å². The highest BCUT2D eigenvalue weighted by molar-refractivity contribution is 9.09. The van der Waals surface area contributed by atoms with E-state index in [0.29, 0.717) is 0 Å². The Morgan fingerprint density at radius 2 is 1.83 bits per heavy atom. The molecule has 0 aliphatic carbocycles. The summed E-state index contributed by atoms with van der Waals surface area (Å²) in [7, 11) is 0. The van der Waals surface area contributed by atoms with Crippen molar-refractivity contribution in [2.45, 2.75) is 6.42 Å². The first kappa shape index (κ1) is 9.75. The Bertz CT molecular complexity index is 198. The lowest BCUT2D eigenvalue weighted by Crippen LogP contribution is -2.00. The molecular weight excluding hydrogens is 216 g/mol. The van der Waals surface area contributed by atoms with Crippen molar-refractivity contribution in [2.75, 3.05) is 18.5 Å². The van der Waals surface area contributed by atoms with E-state index in [4.69, 9.17) is 4.74 Å². The van der Waals surface area contributed by atoms with Crippen molar-refractivity contribution in [3.8, 4) is 0 Å². The molecule has 0 aromatic heterocycles. The number of benzene rings is 1. The van der Waals surface area contributed by atoms with Crippen molar-refractivity contribution in [3.63, 3.8) is 0 Å². The Hall–Kier alpha value is -0.340. The Morgan fingerprint density at radius 3 is 2.50 bits per heavy atom. The molecule has 0 aliphatic rings. The lowest BCUT2D eigenvalue weighted by molar-refractivity contribution is 0.154. The molecule has 66 valence electrons. The van der Waals surface area contributed by atoms with E-state index >= 15 is 0 Å². The van der Waals surface area contributed by atoms with Gasteiger partial charge in [0.2, 0.25) is 0 Å². The molecule has 0 N–H and O–H groups in total. The fourth-order valence-electron chi connectivity index (χ4n) is 0.991. The first-order chi connectivity index (χ1) is 5.93. The van der Waals surface area contributed by atoms with Crippen LogP contribution in [-0.4, -0.2) is 18.5 Å². The molecular formula is C10H13BrO. The first-order valence-corrected chi connectivity index (χ1v) is 5.23. The van der Waals surface area contributed by atoms with Crippen LogP contribution < -0.4 is 0 Å².